The van der Waals surface area contributed by atoms with Crippen LogP contribution in [0, 0.1) is 5.92 Å². The Hall–Kier alpha value is -0.730. The lowest BCUT2D eigenvalue weighted by atomic mass is 9.86. The second-order valence-corrected chi connectivity index (χ2v) is 5.57. The molecule has 1 fully saturated rings. The van der Waals surface area contributed by atoms with Gasteiger partial charge in [0.25, 0.3) is 0 Å². The fraction of sp³-hybridized carbons (Fsp3) is 0.571. The first kappa shape index (κ1) is 12.7. The molecule has 2 nitrogen and oxygen atoms in total. The normalized spacial score (nSPS) is 24.6. The van der Waals surface area contributed by atoms with Crippen LogP contribution >= 0.6 is 11.6 Å². The Morgan fingerprint density at radius 1 is 1.18 bits per heavy atom. The van der Waals surface area contributed by atoms with Crippen LogP contribution in [-0.2, 0) is 0 Å². The molecule has 94 valence electrons. The molecule has 0 atom stereocenters. The molecule has 1 aliphatic carbocycles. The van der Waals surface area contributed by atoms with Crippen molar-refractivity contribution >= 4 is 17.3 Å². The van der Waals surface area contributed by atoms with Gasteiger partial charge in [-0.3, -0.25) is 0 Å². The highest BCUT2D eigenvalue weighted by atomic mass is 35.5. The van der Waals surface area contributed by atoms with Gasteiger partial charge in [-0.1, -0.05) is 11.6 Å². The minimum Gasteiger partial charge on any atom is -0.374 e. The van der Waals surface area contributed by atoms with Gasteiger partial charge in [-0.05, 0) is 55.9 Å². The summed E-state index contributed by atoms with van der Waals surface area (Å²) in [5, 5.41) is 0.797. The summed E-state index contributed by atoms with van der Waals surface area (Å²) in [7, 11) is 2.15. The molecule has 0 unspecified atom stereocenters. The van der Waals surface area contributed by atoms with E-state index in [1.807, 2.05) is 12.1 Å². The Morgan fingerprint density at radius 3 is 2.35 bits per heavy atom. The number of rotatable bonds is 3. The Labute approximate surface area is 109 Å². The van der Waals surface area contributed by atoms with Crippen LogP contribution in [0.15, 0.2) is 24.3 Å². The Morgan fingerprint density at radius 2 is 1.76 bits per heavy atom. The van der Waals surface area contributed by atoms with E-state index >= 15 is 0 Å². The van der Waals surface area contributed by atoms with E-state index in [1.54, 1.807) is 0 Å². The number of nitrogens with two attached hydrogens (primary N) is 1. The molecule has 0 saturated heterocycles. The number of nitrogens with zero attached hydrogens (tertiary/aromatic N) is 1. The van der Waals surface area contributed by atoms with E-state index in [-0.39, 0.29) is 0 Å². The molecule has 0 bridgehead atoms. The highest BCUT2D eigenvalue weighted by Gasteiger charge is 2.19. The van der Waals surface area contributed by atoms with E-state index in [9.17, 15) is 0 Å². The summed E-state index contributed by atoms with van der Waals surface area (Å²) in [5.74, 6) is 0.787. The number of hydrogen-bond acceptors (Lipinski definition) is 2. The Balaban J connectivity index is 1.88. The molecule has 2 rings (SSSR count). The average Bonchev–Trinajstić information content (AvgIpc) is 2.33. The maximum absolute atomic E-state index is 5.93. The molecular weight excluding hydrogens is 232 g/mol. The lowest BCUT2D eigenvalue weighted by Gasteiger charge is -2.30. The third-order valence-corrected chi connectivity index (χ3v) is 3.94. The summed E-state index contributed by atoms with van der Waals surface area (Å²) < 4.78 is 0. The van der Waals surface area contributed by atoms with Gasteiger partial charge in [-0.15, -0.1) is 0 Å². The zero-order valence-electron chi connectivity index (χ0n) is 10.4. The summed E-state index contributed by atoms with van der Waals surface area (Å²) in [6.45, 7) is 1.12. The third kappa shape index (κ3) is 3.62. The van der Waals surface area contributed by atoms with Crippen molar-refractivity contribution in [1.29, 1.82) is 0 Å². The molecule has 3 heteroatoms. The lowest BCUT2D eigenvalue weighted by Crippen LogP contribution is -2.32. The van der Waals surface area contributed by atoms with Crippen LogP contribution in [0.3, 0.4) is 0 Å². The van der Waals surface area contributed by atoms with Crippen LogP contribution < -0.4 is 10.6 Å². The van der Waals surface area contributed by atoms with Crippen molar-refractivity contribution in [1.82, 2.24) is 0 Å². The Bertz CT molecular complexity index is 342. The van der Waals surface area contributed by atoms with Gasteiger partial charge in [0.05, 0.1) is 0 Å². The van der Waals surface area contributed by atoms with Crippen LogP contribution in [-0.4, -0.2) is 19.6 Å². The first-order chi connectivity index (χ1) is 8.15. The number of anilines is 1. The highest BCUT2D eigenvalue weighted by molar-refractivity contribution is 6.30. The summed E-state index contributed by atoms with van der Waals surface area (Å²) >= 11 is 5.89. The van der Waals surface area contributed by atoms with Crippen molar-refractivity contribution in [3.05, 3.63) is 29.3 Å². The number of halogens is 1. The molecule has 17 heavy (non-hydrogen) atoms. The quantitative estimate of drug-likeness (QED) is 0.895. The minimum atomic E-state index is 0.437. The summed E-state index contributed by atoms with van der Waals surface area (Å²) in [6.07, 6.45) is 4.89. The fourth-order valence-corrected chi connectivity index (χ4v) is 2.69. The molecule has 1 aliphatic rings. The highest BCUT2D eigenvalue weighted by Crippen LogP contribution is 2.25. The van der Waals surface area contributed by atoms with Crippen LogP contribution in [0.5, 0.6) is 0 Å². The van der Waals surface area contributed by atoms with Crippen molar-refractivity contribution in [3.63, 3.8) is 0 Å². The molecule has 0 heterocycles. The second kappa shape index (κ2) is 5.74. The zero-order valence-corrected chi connectivity index (χ0v) is 11.2. The maximum Gasteiger partial charge on any atom is 0.0407 e. The van der Waals surface area contributed by atoms with Crippen molar-refractivity contribution in [2.45, 2.75) is 31.7 Å². The maximum atomic E-state index is 5.93. The molecular formula is C14H21ClN2. The Kier molecular flexibility index (Phi) is 4.30. The van der Waals surface area contributed by atoms with Crippen LogP contribution in [0.1, 0.15) is 25.7 Å². The largest absolute Gasteiger partial charge is 0.374 e. The summed E-state index contributed by atoms with van der Waals surface area (Å²) in [4.78, 5) is 2.32. The fourth-order valence-electron chi connectivity index (χ4n) is 2.56. The zero-order chi connectivity index (χ0) is 12.3. The van der Waals surface area contributed by atoms with E-state index in [4.69, 9.17) is 17.3 Å². The van der Waals surface area contributed by atoms with Gasteiger partial charge in [0.1, 0.15) is 0 Å². The number of benzene rings is 1. The van der Waals surface area contributed by atoms with Crippen molar-refractivity contribution in [2.24, 2.45) is 11.7 Å². The third-order valence-electron chi connectivity index (χ3n) is 3.69. The van der Waals surface area contributed by atoms with Gasteiger partial charge in [0.15, 0.2) is 0 Å². The van der Waals surface area contributed by atoms with Gasteiger partial charge in [-0.2, -0.15) is 0 Å². The van der Waals surface area contributed by atoms with E-state index in [0.717, 1.165) is 17.5 Å². The average molecular weight is 253 g/mol. The molecule has 0 amide bonds. The van der Waals surface area contributed by atoms with Gasteiger partial charge in [-0.25, -0.2) is 0 Å². The van der Waals surface area contributed by atoms with Crippen molar-refractivity contribution in [2.75, 3.05) is 18.5 Å². The van der Waals surface area contributed by atoms with Crippen molar-refractivity contribution in [3.8, 4) is 0 Å². The predicted molar refractivity (Wildman–Crippen MR) is 74.7 cm³/mol. The monoisotopic (exact) mass is 252 g/mol. The lowest BCUT2D eigenvalue weighted by molar-refractivity contribution is 0.330. The molecule has 0 aromatic heterocycles. The number of hydrogen-bond donors (Lipinski definition) is 1. The predicted octanol–water partition coefficient (Wildman–Crippen LogP) is 3.29. The van der Waals surface area contributed by atoms with Crippen LogP contribution in [0.2, 0.25) is 5.02 Å². The van der Waals surface area contributed by atoms with E-state index in [0.29, 0.717) is 6.04 Å². The molecule has 0 radical (unpaired) electrons. The standard InChI is InChI=1S/C14H21ClN2/c1-17(14-8-4-12(15)5-9-14)10-11-2-6-13(16)7-3-11/h4-5,8-9,11,13H,2-3,6-7,10,16H2,1H3. The summed E-state index contributed by atoms with van der Waals surface area (Å²) in [6, 6.07) is 8.49. The molecule has 0 aliphatic heterocycles. The first-order valence-corrected chi connectivity index (χ1v) is 6.75. The van der Waals surface area contributed by atoms with Gasteiger partial charge in [0.2, 0.25) is 0 Å². The van der Waals surface area contributed by atoms with Crippen molar-refractivity contribution < 1.29 is 0 Å². The molecule has 2 N–H and O–H groups in total. The molecule has 1 aromatic rings. The van der Waals surface area contributed by atoms with E-state index in [2.05, 4.69) is 24.1 Å². The van der Waals surface area contributed by atoms with Crippen LogP contribution in [0.4, 0.5) is 5.69 Å². The first-order valence-electron chi connectivity index (χ1n) is 6.37. The molecule has 1 aromatic carbocycles. The van der Waals surface area contributed by atoms with Crippen LogP contribution in [0.25, 0.3) is 0 Å². The topological polar surface area (TPSA) is 29.3 Å². The van der Waals surface area contributed by atoms with E-state index < -0.39 is 0 Å². The van der Waals surface area contributed by atoms with Gasteiger partial charge < -0.3 is 10.6 Å². The summed E-state index contributed by atoms with van der Waals surface area (Å²) in [5.41, 5.74) is 7.17. The molecule has 1 saturated carbocycles. The SMILES string of the molecule is CN(CC1CCC(N)CC1)c1ccc(Cl)cc1. The second-order valence-electron chi connectivity index (χ2n) is 5.14. The van der Waals surface area contributed by atoms with Gasteiger partial charge >= 0.3 is 0 Å². The van der Waals surface area contributed by atoms with E-state index in [1.165, 1.54) is 31.4 Å². The molecule has 0 spiro atoms. The smallest absolute Gasteiger partial charge is 0.0407 e. The van der Waals surface area contributed by atoms with Gasteiger partial charge in [0, 0.05) is 30.3 Å². The minimum absolute atomic E-state index is 0.437.